The number of fused-ring (bicyclic) bond motifs is 1. The summed E-state index contributed by atoms with van der Waals surface area (Å²) >= 11 is 6.22. The molecule has 3 rings (SSSR count). The molecule has 0 bridgehead atoms. The molecular formula is C16H15ClN2. The standard InChI is InChI=1S/C16H15ClN2/c1-11-5-6-15(14(17)9-11)19-10-13-4-2-3-12-7-8-18-16(12)13/h2-9,18-19H,10H2,1H3. The quantitative estimate of drug-likeness (QED) is 0.707. The molecule has 0 spiro atoms. The minimum Gasteiger partial charge on any atom is -0.380 e. The normalized spacial score (nSPS) is 10.8. The Bertz CT molecular complexity index is 716. The molecule has 2 aromatic carbocycles. The van der Waals surface area contributed by atoms with E-state index in [0.717, 1.165) is 17.3 Å². The SMILES string of the molecule is Cc1ccc(NCc2cccc3cc[nH]c23)c(Cl)c1. The smallest absolute Gasteiger partial charge is 0.0640 e. The van der Waals surface area contributed by atoms with Gasteiger partial charge in [-0.2, -0.15) is 0 Å². The van der Waals surface area contributed by atoms with E-state index in [-0.39, 0.29) is 0 Å². The summed E-state index contributed by atoms with van der Waals surface area (Å²) in [7, 11) is 0. The van der Waals surface area contributed by atoms with Gasteiger partial charge in [-0.05, 0) is 41.6 Å². The summed E-state index contributed by atoms with van der Waals surface area (Å²) in [6.07, 6.45) is 1.97. The fourth-order valence-electron chi connectivity index (χ4n) is 2.25. The maximum absolute atomic E-state index is 6.22. The molecule has 0 aliphatic rings. The predicted octanol–water partition coefficient (Wildman–Crippen LogP) is 4.74. The van der Waals surface area contributed by atoms with Crippen LogP contribution in [0.5, 0.6) is 0 Å². The molecule has 0 amide bonds. The zero-order chi connectivity index (χ0) is 13.2. The summed E-state index contributed by atoms with van der Waals surface area (Å²) in [4.78, 5) is 3.28. The van der Waals surface area contributed by atoms with Crippen LogP contribution in [-0.4, -0.2) is 4.98 Å². The number of benzene rings is 2. The Morgan fingerprint density at radius 3 is 2.89 bits per heavy atom. The number of aromatic nitrogens is 1. The van der Waals surface area contributed by atoms with Crippen LogP contribution in [0.15, 0.2) is 48.7 Å². The number of halogens is 1. The lowest BCUT2D eigenvalue weighted by Crippen LogP contribution is -2.00. The van der Waals surface area contributed by atoms with E-state index in [1.54, 1.807) is 0 Å². The van der Waals surface area contributed by atoms with Gasteiger partial charge in [-0.15, -0.1) is 0 Å². The second-order valence-electron chi connectivity index (χ2n) is 4.70. The molecule has 96 valence electrons. The van der Waals surface area contributed by atoms with Crippen molar-refractivity contribution in [3.05, 3.63) is 64.8 Å². The van der Waals surface area contributed by atoms with Crippen LogP contribution >= 0.6 is 11.6 Å². The van der Waals surface area contributed by atoms with E-state index in [9.17, 15) is 0 Å². The van der Waals surface area contributed by atoms with E-state index in [1.165, 1.54) is 22.0 Å². The summed E-state index contributed by atoms with van der Waals surface area (Å²) in [5.74, 6) is 0. The number of aromatic amines is 1. The number of para-hydroxylation sites is 1. The summed E-state index contributed by atoms with van der Waals surface area (Å²) < 4.78 is 0. The van der Waals surface area contributed by atoms with Crippen LogP contribution in [0.4, 0.5) is 5.69 Å². The number of anilines is 1. The van der Waals surface area contributed by atoms with E-state index in [2.05, 4.69) is 40.6 Å². The van der Waals surface area contributed by atoms with Crippen molar-refractivity contribution >= 4 is 28.2 Å². The van der Waals surface area contributed by atoms with E-state index in [1.807, 2.05) is 25.3 Å². The first-order valence-corrected chi connectivity index (χ1v) is 6.67. The highest BCUT2D eigenvalue weighted by atomic mass is 35.5. The van der Waals surface area contributed by atoms with Gasteiger partial charge in [0.25, 0.3) is 0 Å². The van der Waals surface area contributed by atoms with E-state index in [4.69, 9.17) is 11.6 Å². The monoisotopic (exact) mass is 270 g/mol. The average Bonchev–Trinajstić information content (AvgIpc) is 2.86. The number of hydrogen-bond donors (Lipinski definition) is 2. The molecule has 0 aliphatic carbocycles. The molecule has 3 heteroatoms. The van der Waals surface area contributed by atoms with Crippen LogP contribution < -0.4 is 5.32 Å². The third kappa shape index (κ3) is 2.45. The molecule has 1 aromatic heterocycles. The van der Waals surface area contributed by atoms with Gasteiger partial charge in [0, 0.05) is 12.7 Å². The summed E-state index contributed by atoms with van der Waals surface area (Å²) in [6.45, 7) is 2.79. The molecular weight excluding hydrogens is 256 g/mol. The lowest BCUT2D eigenvalue weighted by molar-refractivity contribution is 1.16. The van der Waals surface area contributed by atoms with Crippen molar-refractivity contribution in [3.63, 3.8) is 0 Å². The molecule has 0 fully saturated rings. The highest BCUT2D eigenvalue weighted by Gasteiger charge is 2.03. The molecule has 0 atom stereocenters. The van der Waals surface area contributed by atoms with Crippen molar-refractivity contribution in [2.24, 2.45) is 0 Å². The van der Waals surface area contributed by atoms with Crippen LogP contribution in [0.1, 0.15) is 11.1 Å². The van der Waals surface area contributed by atoms with E-state index < -0.39 is 0 Å². The van der Waals surface area contributed by atoms with Crippen LogP contribution in [0.25, 0.3) is 10.9 Å². The lowest BCUT2D eigenvalue weighted by atomic mass is 10.1. The Morgan fingerprint density at radius 2 is 2.05 bits per heavy atom. The Hall–Kier alpha value is -1.93. The number of nitrogens with one attached hydrogen (secondary N) is 2. The van der Waals surface area contributed by atoms with Crippen molar-refractivity contribution in [1.29, 1.82) is 0 Å². The van der Waals surface area contributed by atoms with Crippen LogP contribution in [0.3, 0.4) is 0 Å². The first-order chi connectivity index (χ1) is 9.24. The zero-order valence-corrected chi connectivity index (χ0v) is 11.5. The maximum Gasteiger partial charge on any atom is 0.0640 e. The third-order valence-corrected chi connectivity index (χ3v) is 3.58. The van der Waals surface area contributed by atoms with E-state index in [0.29, 0.717) is 0 Å². The number of rotatable bonds is 3. The van der Waals surface area contributed by atoms with Gasteiger partial charge in [0.2, 0.25) is 0 Å². The summed E-state index contributed by atoms with van der Waals surface area (Å²) in [5, 5.41) is 5.38. The van der Waals surface area contributed by atoms with Crippen LogP contribution in [-0.2, 0) is 6.54 Å². The number of hydrogen-bond acceptors (Lipinski definition) is 1. The van der Waals surface area contributed by atoms with Crippen molar-refractivity contribution < 1.29 is 0 Å². The maximum atomic E-state index is 6.22. The molecule has 2 N–H and O–H groups in total. The minimum absolute atomic E-state index is 0.751. The lowest BCUT2D eigenvalue weighted by Gasteiger charge is -2.10. The highest BCUT2D eigenvalue weighted by Crippen LogP contribution is 2.24. The first-order valence-electron chi connectivity index (χ1n) is 6.29. The molecule has 0 unspecified atom stereocenters. The van der Waals surface area contributed by atoms with Gasteiger partial charge < -0.3 is 10.3 Å². The molecule has 0 radical (unpaired) electrons. The van der Waals surface area contributed by atoms with Gasteiger partial charge in [0.1, 0.15) is 0 Å². The Morgan fingerprint density at radius 1 is 1.16 bits per heavy atom. The fourth-order valence-corrected chi connectivity index (χ4v) is 2.55. The fraction of sp³-hybridized carbons (Fsp3) is 0.125. The Kier molecular flexibility index (Phi) is 3.18. The van der Waals surface area contributed by atoms with Gasteiger partial charge in [-0.25, -0.2) is 0 Å². The van der Waals surface area contributed by atoms with Gasteiger partial charge in [0.15, 0.2) is 0 Å². The Labute approximate surface area is 117 Å². The topological polar surface area (TPSA) is 27.8 Å². The summed E-state index contributed by atoms with van der Waals surface area (Å²) in [5.41, 5.74) is 4.55. The second-order valence-corrected chi connectivity index (χ2v) is 5.10. The van der Waals surface area contributed by atoms with Crippen molar-refractivity contribution in [2.45, 2.75) is 13.5 Å². The van der Waals surface area contributed by atoms with Gasteiger partial charge in [-0.1, -0.05) is 35.9 Å². The van der Waals surface area contributed by atoms with Crippen molar-refractivity contribution in [3.8, 4) is 0 Å². The van der Waals surface area contributed by atoms with Crippen LogP contribution in [0.2, 0.25) is 5.02 Å². The van der Waals surface area contributed by atoms with Crippen LogP contribution in [0, 0.1) is 6.92 Å². The number of aryl methyl sites for hydroxylation is 1. The molecule has 1 heterocycles. The molecule has 0 saturated heterocycles. The molecule has 2 nitrogen and oxygen atoms in total. The van der Waals surface area contributed by atoms with Gasteiger partial charge >= 0.3 is 0 Å². The summed E-state index contributed by atoms with van der Waals surface area (Å²) in [6, 6.07) is 14.4. The highest BCUT2D eigenvalue weighted by molar-refractivity contribution is 6.33. The van der Waals surface area contributed by atoms with Crippen molar-refractivity contribution in [1.82, 2.24) is 4.98 Å². The largest absolute Gasteiger partial charge is 0.380 e. The van der Waals surface area contributed by atoms with Gasteiger partial charge in [-0.3, -0.25) is 0 Å². The first kappa shape index (κ1) is 12.1. The minimum atomic E-state index is 0.751. The van der Waals surface area contributed by atoms with Crippen molar-refractivity contribution in [2.75, 3.05) is 5.32 Å². The molecule has 0 aliphatic heterocycles. The predicted molar refractivity (Wildman–Crippen MR) is 81.8 cm³/mol. The number of H-pyrrole nitrogens is 1. The Balaban J connectivity index is 1.84. The average molecular weight is 271 g/mol. The third-order valence-electron chi connectivity index (χ3n) is 3.27. The molecule has 19 heavy (non-hydrogen) atoms. The second kappa shape index (κ2) is 4.98. The molecule has 3 aromatic rings. The van der Waals surface area contributed by atoms with Gasteiger partial charge in [0.05, 0.1) is 16.2 Å². The van der Waals surface area contributed by atoms with E-state index >= 15 is 0 Å². The molecule has 0 saturated carbocycles. The zero-order valence-electron chi connectivity index (χ0n) is 10.7.